The Hall–Kier alpha value is -3.93. The highest BCUT2D eigenvalue weighted by Crippen LogP contribution is 2.26. The molecule has 0 fully saturated rings. The second kappa shape index (κ2) is 10.3. The van der Waals surface area contributed by atoms with Crippen LogP contribution in [-0.2, 0) is 14.8 Å². The van der Waals surface area contributed by atoms with Gasteiger partial charge in [-0.2, -0.15) is 0 Å². The third kappa shape index (κ3) is 5.70. The van der Waals surface area contributed by atoms with Gasteiger partial charge in [-0.1, -0.05) is 41.6 Å². The molecular formula is C25H20ClN3O4S. The van der Waals surface area contributed by atoms with E-state index in [4.69, 9.17) is 16.7 Å². The van der Waals surface area contributed by atoms with Crippen molar-refractivity contribution in [1.82, 2.24) is 4.98 Å². The molecule has 0 amide bonds. The van der Waals surface area contributed by atoms with Gasteiger partial charge in [-0.15, -0.1) is 0 Å². The number of carbonyl (C=O) groups is 1. The Morgan fingerprint density at radius 2 is 1.97 bits per heavy atom. The molecule has 3 rings (SSSR count). The van der Waals surface area contributed by atoms with Crippen molar-refractivity contribution in [2.45, 2.75) is 18.7 Å². The molecule has 0 unspecified atom stereocenters. The second-order valence-electron chi connectivity index (χ2n) is 7.23. The Morgan fingerprint density at radius 3 is 2.68 bits per heavy atom. The first-order valence-electron chi connectivity index (χ1n) is 9.89. The maximum Gasteiger partial charge on any atom is 0.356 e. The van der Waals surface area contributed by atoms with E-state index in [0.29, 0.717) is 16.7 Å². The Balaban J connectivity index is 1.99. The first-order valence-corrected chi connectivity index (χ1v) is 11.8. The summed E-state index contributed by atoms with van der Waals surface area (Å²) < 4.78 is 29.1. The van der Waals surface area contributed by atoms with Gasteiger partial charge in [0.25, 0.3) is 10.0 Å². The summed E-state index contributed by atoms with van der Waals surface area (Å²) in [5.41, 5.74) is 1.91. The van der Waals surface area contributed by atoms with Crippen LogP contribution in [0, 0.1) is 18.8 Å². The lowest BCUT2D eigenvalue weighted by Gasteiger charge is -2.12. The van der Waals surface area contributed by atoms with Gasteiger partial charge in [0.05, 0.1) is 16.2 Å². The number of anilines is 1. The van der Waals surface area contributed by atoms with Gasteiger partial charge in [-0.05, 0) is 62.5 Å². The fourth-order valence-corrected chi connectivity index (χ4v) is 4.74. The summed E-state index contributed by atoms with van der Waals surface area (Å²) in [5.74, 6) is 4.42. The van der Waals surface area contributed by atoms with E-state index in [0.717, 1.165) is 10.9 Å². The van der Waals surface area contributed by atoms with Crippen LogP contribution in [0.2, 0.25) is 0 Å². The number of carboxylic acids is 1. The molecule has 0 aliphatic heterocycles. The van der Waals surface area contributed by atoms with Crippen LogP contribution in [-0.4, -0.2) is 31.2 Å². The molecule has 9 heteroatoms. The number of allylic oxidation sites excluding steroid dienone is 3. The molecule has 0 saturated heterocycles. The number of hydrogen-bond acceptors (Lipinski definition) is 5. The zero-order chi connectivity index (χ0) is 24.9. The number of aromatic nitrogens is 1. The molecule has 3 aromatic rings. The lowest BCUT2D eigenvalue weighted by molar-refractivity contribution is -0.132. The summed E-state index contributed by atoms with van der Waals surface area (Å²) in [4.78, 5) is 18.8. The van der Waals surface area contributed by atoms with Crippen LogP contribution in [0.5, 0.6) is 0 Å². The van der Waals surface area contributed by atoms with E-state index in [-0.39, 0.29) is 15.6 Å². The first-order chi connectivity index (χ1) is 16.1. The number of fused-ring (bicyclic) bond motifs is 1. The number of hydrogen-bond donors (Lipinski definition) is 2. The maximum absolute atomic E-state index is 13.3. The van der Waals surface area contributed by atoms with Crippen molar-refractivity contribution in [2.75, 3.05) is 4.72 Å². The van der Waals surface area contributed by atoms with Gasteiger partial charge >= 0.3 is 5.97 Å². The Bertz CT molecular complexity index is 1530. The van der Waals surface area contributed by atoms with Gasteiger partial charge < -0.3 is 5.11 Å². The van der Waals surface area contributed by atoms with Crippen LogP contribution >= 0.6 is 11.6 Å². The summed E-state index contributed by atoms with van der Waals surface area (Å²) in [6.07, 6.45) is 2.90. The summed E-state index contributed by atoms with van der Waals surface area (Å²) in [6.45, 7) is 6.64. The number of halogens is 1. The van der Waals surface area contributed by atoms with Crippen molar-refractivity contribution < 1.29 is 18.3 Å². The molecule has 172 valence electrons. The Kier molecular flexibility index (Phi) is 7.51. The number of benzene rings is 2. The molecule has 1 heterocycles. The number of aliphatic imine (C=N–C) groups is 1. The van der Waals surface area contributed by atoms with E-state index in [1.165, 1.54) is 6.08 Å². The lowest BCUT2D eigenvalue weighted by Crippen LogP contribution is -2.15. The predicted octanol–water partition coefficient (Wildman–Crippen LogP) is 4.88. The van der Waals surface area contributed by atoms with Crippen molar-refractivity contribution in [3.05, 3.63) is 88.2 Å². The van der Waals surface area contributed by atoms with E-state index in [1.54, 1.807) is 55.6 Å². The molecule has 0 aliphatic carbocycles. The van der Waals surface area contributed by atoms with Crippen molar-refractivity contribution >= 4 is 50.9 Å². The number of nitrogens with zero attached hydrogens (tertiary/aromatic N) is 2. The van der Waals surface area contributed by atoms with E-state index in [1.807, 2.05) is 13.0 Å². The monoisotopic (exact) mass is 493 g/mol. The van der Waals surface area contributed by atoms with Crippen molar-refractivity contribution in [3.63, 3.8) is 0 Å². The van der Waals surface area contributed by atoms with Crippen LogP contribution in [0.15, 0.2) is 87.0 Å². The van der Waals surface area contributed by atoms with Crippen molar-refractivity contribution in [3.8, 4) is 11.8 Å². The highest BCUT2D eigenvalue weighted by molar-refractivity contribution is 7.93. The normalized spacial score (nSPS) is 12.4. The molecule has 0 radical (unpaired) electrons. The van der Waals surface area contributed by atoms with Crippen LogP contribution in [0.1, 0.15) is 18.1 Å². The van der Waals surface area contributed by atoms with Gasteiger partial charge in [-0.25, -0.2) is 13.2 Å². The number of sulfonamides is 1. The number of pyridine rings is 1. The molecule has 0 aliphatic rings. The molecular weight excluding hydrogens is 474 g/mol. The molecule has 2 N–H and O–H groups in total. The number of para-hydroxylation sites is 1. The minimum atomic E-state index is -3.97. The zero-order valence-corrected chi connectivity index (χ0v) is 19.9. The SMILES string of the molecule is C=N/C(C(=O)O)=C(Cl)\C=C(/C)C#Cc1ccccc1NS(=O)(=O)c1cc(C)cc2cccnc12. The van der Waals surface area contributed by atoms with Gasteiger partial charge in [-0.3, -0.25) is 14.7 Å². The first kappa shape index (κ1) is 24.7. The average Bonchev–Trinajstić information content (AvgIpc) is 2.77. The minimum absolute atomic E-state index is 0.0667. The standard InChI is InChI=1S/C25H20ClN3O4S/c1-16(14-20(26)24(27-3)25(30)31)10-11-18-7-4-5-9-21(18)29-34(32,33)22-15-17(2)13-19-8-6-12-28-23(19)22/h4-9,12-15,29H,3H2,1-2H3,(H,30,31)/b16-14+,24-20+. The lowest BCUT2D eigenvalue weighted by atomic mass is 10.1. The van der Waals surface area contributed by atoms with Crippen LogP contribution < -0.4 is 4.72 Å². The predicted molar refractivity (Wildman–Crippen MR) is 134 cm³/mol. The topological polar surface area (TPSA) is 109 Å². The van der Waals surface area contributed by atoms with Gasteiger partial charge in [0.2, 0.25) is 0 Å². The number of carboxylic acid groups (broad SMARTS) is 1. The minimum Gasteiger partial charge on any atom is -0.476 e. The molecule has 2 aromatic carbocycles. The summed E-state index contributed by atoms with van der Waals surface area (Å²) in [6, 6.07) is 13.7. The number of rotatable bonds is 6. The van der Waals surface area contributed by atoms with Crippen LogP contribution in [0.3, 0.4) is 0 Å². The van der Waals surface area contributed by atoms with E-state index in [2.05, 4.69) is 33.3 Å². The van der Waals surface area contributed by atoms with Crippen LogP contribution in [0.25, 0.3) is 10.9 Å². The Morgan fingerprint density at radius 1 is 1.24 bits per heavy atom. The number of aryl methyl sites for hydroxylation is 1. The van der Waals surface area contributed by atoms with Gasteiger partial charge in [0, 0.05) is 22.7 Å². The Labute approximate surface area is 202 Å². The highest BCUT2D eigenvalue weighted by atomic mass is 35.5. The van der Waals surface area contributed by atoms with Crippen molar-refractivity contribution in [1.29, 1.82) is 0 Å². The van der Waals surface area contributed by atoms with Gasteiger partial charge in [0.1, 0.15) is 4.90 Å². The largest absolute Gasteiger partial charge is 0.476 e. The van der Waals surface area contributed by atoms with E-state index in [9.17, 15) is 13.2 Å². The quantitative estimate of drug-likeness (QED) is 0.220. The fraction of sp³-hybridized carbons (Fsp3) is 0.0800. The number of nitrogens with one attached hydrogen (secondary N) is 1. The fourth-order valence-electron chi connectivity index (χ4n) is 3.09. The molecule has 34 heavy (non-hydrogen) atoms. The third-order valence-electron chi connectivity index (χ3n) is 4.60. The molecule has 7 nitrogen and oxygen atoms in total. The average molecular weight is 494 g/mol. The zero-order valence-electron chi connectivity index (χ0n) is 18.3. The van der Waals surface area contributed by atoms with Crippen LogP contribution in [0.4, 0.5) is 5.69 Å². The third-order valence-corrected chi connectivity index (χ3v) is 6.27. The van der Waals surface area contributed by atoms with Gasteiger partial charge in [0.15, 0.2) is 5.70 Å². The molecule has 0 atom stereocenters. The summed E-state index contributed by atoms with van der Waals surface area (Å²) in [5, 5.41) is 9.67. The van der Waals surface area contributed by atoms with Crippen molar-refractivity contribution in [2.24, 2.45) is 4.99 Å². The summed E-state index contributed by atoms with van der Waals surface area (Å²) >= 11 is 5.99. The molecule has 0 saturated carbocycles. The van der Waals surface area contributed by atoms with E-state index >= 15 is 0 Å². The molecule has 0 spiro atoms. The van der Waals surface area contributed by atoms with E-state index < -0.39 is 21.7 Å². The number of aliphatic carboxylic acids is 1. The summed E-state index contributed by atoms with van der Waals surface area (Å²) in [7, 11) is -3.97. The maximum atomic E-state index is 13.3. The highest BCUT2D eigenvalue weighted by Gasteiger charge is 2.20. The molecule has 0 bridgehead atoms. The molecule has 1 aromatic heterocycles. The second-order valence-corrected chi connectivity index (χ2v) is 9.28. The smallest absolute Gasteiger partial charge is 0.356 e.